The molecule has 0 radical (unpaired) electrons. The van der Waals surface area contributed by atoms with Crippen molar-refractivity contribution in [2.24, 2.45) is 17.4 Å². The molecule has 0 spiro atoms. The fraction of sp³-hybridized carbons (Fsp3) is 0.769. The Morgan fingerprint density at radius 3 is 2.49 bits per heavy atom. The zero-order valence-electron chi connectivity index (χ0n) is 22.8. The molecular weight excluding hydrogens is 506 g/mol. The molecule has 1 aliphatic carbocycles. The van der Waals surface area contributed by atoms with Gasteiger partial charge in [-0.05, 0) is 26.2 Å². The third kappa shape index (κ3) is 6.30. The van der Waals surface area contributed by atoms with Crippen LogP contribution < -0.4 is 16.8 Å². The minimum Gasteiger partial charge on any atom is -0.384 e. The Bertz CT molecular complexity index is 1070. The molecule has 3 heterocycles. The number of Topliss-reactive ketones (excluding diaryl/α,β-unsaturated/α-hetero) is 1. The van der Waals surface area contributed by atoms with E-state index < -0.39 is 46.9 Å². The van der Waals surface area contributed by atoms with Crippen molar-refractivity contribution in [3.63, 3.8) is 0 Å². The van der Waals surface area contributed by atoms with Gasteiger partial charge in [0.15, 0.2) is 0 Å². The van der Waals surface area contributed by atoms with Crippen LogP contribution in [0.4, 0.5) is 0 Å². The lowest BCUT2D eigenvalue weighted by Crippen LogP contribution is -2.63. The van der Waals surface area contributed by atoms with Crippen LogP contribution in [0.2, 0.25) is 0 Å². The summed E-state index contributed by atoms with van der Waals surface area (Å²) in [5.74, 6) is -2.59. The first kappa shape index (κ1) is 29.1. The number of nitrogens with zero attached hydrogens (tertiary/aromatic N) is 4. The molecule has 2 aliphatic heterocycles. The van der Waals surface area contributed by atoms with Gasteiger partial charge in [0.1, 0.15) is 17.2 Å². The van der Waals surface area contributed by atoms with Crippen molar-refractivity contribution >= 4 is 23.5 Å². The molecule has 13 nitrogen and oxygen atoms in total. The number of aromatic nitrogens is 3. The molecule has 13 heteroatoms. The van der Waals surface area contributed by atoms with Crippen LogP contribution in [0.25, 0.3) is 0 Å². The number of likely N-dealkylation sites (tertiary alicyclic amines) is 1. The van der Waals surface area contributed by atoms with Crippen LogP contribution in [0.5, 0.6) is 0 Å². The lowest BCUT2D eigenvalue weighted by Gasteiger charge is -2.37. The van der Waals surface area contributed by atoms with E-state index in [9.17, 15) is 24.3 Å². The number of carbonyl (C=O) groups is 4. The monoisotopic (exact) mass is 547 g/mol. The SMILES string of the molecule is CC(C)(O)c1cnnn1[C@H]1C[C@@H](C(=O)NC2(C(=O)C(N)=O)CCOCC2)N(C(=O)C(N)CC2CCCCC2)C1. The summed E-state index contributed by atoms with van der Waals surface area (Å²) < 4.78 is 6.90. The van der Waals surface area contributed by atoms with Crippen LogP contribution in [0, 0.1) is 5.92 Å². The third-order valence-corrected chi connectivity index (χ3v) is 8.41. The Balaban J connectivity index is 1.60. The summed E-state index contributed by atoms with van der Waals surface area (Å²) in [6.45, 7) is 3.69. The smallest absolute Gasteiger partial charge is 0.287 e. The van der Waals surface area contributed by atoms with Crippen LogP contribution >= 0.6 is 0 Å². The fourth-order valence-electron chi connectivity index (χ4n) is 6.21. The predicted molar refractivity (Wildman–Crippen MR) is 139 cm³/mol. The molecule has 1 saturated carbocycles. The zero-order valence-corrected chi connectivity index (χ0v) is 22.8. The minimum atomic E-state index is -1.50. The molecule has 3 fully saturated rings. The molecule has 216 valence electrons. The van der Waals surface area contributed by atoms with Crippen molar-refractivity contribution in [2.75, 3.05) is 19.8 Å². The predicted octanol–water partition coefficient (Wildman–Crippen LogP) is -0.335. The third-order valence-electron chi connectivity index (χ3n) is 8.41. The number of hydrogen-bond acceptors (Lipinski definition) is 9. The van der Waals surface area contributed by atoms with Crippen LogP contribution in [-0.4, -0.2) is 85.9 Å². The van der Waals surface area contributed by atoms with E-state index >= 15 is 0 Å². The molecule has 39 heavy (non-hydrogen) atoms. The second-order valence-electron chi connectivity index (χ2n) is 11.7. The Morgan fingerprint density at radius 2 is 1.87 bits per heavy atom. The van der Waals surface area contributed by atoms with Gasteiger partial charge in [0, 0.05) is 39.0 Å². The maximum atomic E-state index is 13.8. The minimum absolute atomic E-state index is 0.0950. The summed E-state index contributed by atoms with van der Waals surface area (Å²) in [5.41, 5.74) is 9.44. The van der Waals surface area contributed by atoms with E-state index in [1.54, 1.807) is 18.5 Å². The van der Waals surface area contributed by atoms with Crippen LogP contribution in [0.1, 0.15) is 83.4 Å². The van der Waals surface area contributed by atoms with E-state index in [1.165, 1.54) is 17.5 Å². The van der Waals surface area contributed by atoms with Crippen molar-refractivity contribution < 1.29 is 29.0 Å². The van der Waals surface area contributed by atoms with E-state index in [0.29, 0.717) is 18.0 Å². The summed E-state index contributed by atoms with van der Waals surface area (Å²) in [6.07, 6.45) is 7.83. The van der Waals surface area contributed by atoms with Crippen LogP contribution in [-0.2, 0) is 29.5 Å². The van der Waals surface area contributed by atoms with Gasteiger partial charge in [0.2, 0.25) is 17.6 Å². The van der Waals surface area contributed by atoms with Gasteiger partial charge in [0.05, 0.1) is 24.0 Å². The van der Waals surface area contributed by atoms with Gasteiger partial charge >= 0.3 is 0 Å². The van der Waals surface area contributed by atoms with Crippen molar-refractivity contribution in [1.29, 1.82) is 0 Å². The van der Waals surface area contributed by atoms with E-state index in [4.69, 9.17) is 16.2 Å². The fourth-order valence-corrected chi connectivity index (χ4v) is 6.21. The van der Waals surface area contributed by atoms with Crippen molar-refractivity contribution in [3.8, 4) is 0 Å². The maximum absolute atomic E-state index is 13.8. The second kappa shape index (κ2) is 11.7. The van der Waals surface area contributed by atoms with Gasteiger partial charge in [-0.1, -0.05) is 37.3 Å². The number of ketones is 1. The van der Waals surface area contributed by atoms with Gasteiger partial charge in [-0.3, -0.25) is 19.2 Å². The Labute approximate surface area is 228 Å². The summed E-state index contributed by atoms with van der Waals surface area (Å²) in [5, 5.41) is 21.5. The lowest BCUT2D eigenvalue weighted by atomic mass is 9.84. The maximum Gasteiger partial charge on any atom is 0.287 e. The van der Waals surface area contributed by atoms with E-state index in [-0.39, 0.29) is 44.9 Å². The topological polar surface area (TPSA) is 196 Å². The van der Waals surface area contributed by atoms with Gasteiger partial charge in [-0.25, -0.2) is 4.68 Å². The van der Waals surface area contributed by atoms with Gasteiger partial charge in [-0.15, -0.1) is 5.10 Å². The zero-order chi connectivity index (χ0) is 28.4. The average molecular weight is 548 g/mol. The molecule has 2 saturated heterocycles. The van der Waals surface area contributed by atoms with Crippen molar-refractivity contribution in [2.45, 2.75) is 101 Å². The first-order valence-corrected chi connectivity index (χ1v) is 13.9. The van der Waals surface area contributed by atoms with Crippen molar-refractivity contribution in [3.05, 3.63) is 11.9 Å². The van der Waals surface area contributed by atoms with Crippen LogP contribution in [0.3, 0.4) is 0 Å². The highest BCUT2D eigenvalue weighted by molar-refractivity contribution is 6.39. The summed E-state index contributed by atoms with van der Waals surface area (Å²) in [4.78, 5) is 53.6. The molecule has 6 N–H and O–H groups in total. The molecule has 1 aromatic heterocycles. The molecule has 1 unspecified atom stereocenters. The number of carbonyl (C=O) groups excluding carboxylic acids is 4. The first-order chi connectivity index (χ1) is 18.4. The molecule has 0 bridgehead atoms. The number of aliphatic hydroxyl groups is 1. The molecule has 3 amide bonds. The number of ether oxygens (including phenoxy) is 1. The quantitative estimate of drug-likeness (QED) is 0.299. The van der Waals surface area contributed by atoms with E-state index in [1.807, 2.05) is 0 Å². The first-order valence-electron chi connectivity index (χ1n) is 13.9. The Morgan fingerprint density at radius 1 is 1.21 bits per heavy atom. The molecular formula is C26H41N7O6. The Hall–Kier alpha value is -2.90. The van der Waals surface area contributed by atoms with E-state index in [0.717, 1.165) is 25.7 Å². The number of primary amides is 1. The number of rotatable bonds is 9. The number of nitrogens with one attached hydrogen (secondary N) is 1. The molecule has 3 aliphatic rings. The second-order valence-corrected chi connectivity index (χ2v) is 11.7. The summed E-state index contributed by atoms with van der Waals surface area (Å²) in [6, 6.07) is -2.22. The number of amides is 3. The van der Waals surface area contributed by atoms with Gasteiger partial charge in [-0.2, -0.15) is 0 Å². The van der Waals surface area contributed by atoms with Gasteiger partial charge < -0.3 is 31.5 Å². The van der Waals surface area contributed by atoms with Crippen molar-refractivity contribution in [1.82, 2.24) is 25.2 Å². The highest BCUT2D eigenvalue weighted by atomic mass is 16.5. The lowest BCUT2D eigenvalue weighted by molar-refractivity contribution is -0.147. The number of hydrogen-bond donors (Lipinski definition) is 4. The molecule has 0 aromatic carbocycles. The van der Waals surface area contributed by atoms with Gasteiger partial charge in [0.25, 0.3) is 5.91 Å². The number of nitrogens with two attached hydrogens (primary N) is 2. The molecule has 4 rings (SSSR count). The largest absolute Gasteiger partial charge is 0.384 e. The molecule has 1 aromatic rings. The summed E-state index contributed by atoms with van der Waals surface area (Å²) >= 11 is 0. The highest BCUT2D eigenvalue weighted by Gasteiger charge is 2.49. The summed E-state index contributed by atoms with van der Waals surface area (Å²) in [7, 11) is 0. The Kier molecular flexibility index (Phi) is 8.72. The average Bonchev–Trinajstić information content (AvgIpc) is 3.56. The van der Waals surface area contributed by atoms with Crippen LogP contribution in [0.15, 0.2) is 6.20 Å². The molecule has 3 atom stereocenters. The van der Waals surface area contributed by atoms with E-state index in [2.05, 4.69) is 15.6 Å². The normalized spacial score (nSPS) is 24.8. The highest BCUT2D eigenvalue weighted by Crippen LogP contribution is 2.34. The standard InChI is InChI=1S/C26H41N7O6/c1-25(2,38)20-14-29-31-33(20)17-13-19(23(36)30-26(21(34)22(28)35)8-10-39-11-9-26)32(15-17)24(37)18(27)12-16-6-4-3-5-7-16/h14,16-19,38H,3-13,15,27H2,1-2H3,(H2,28,35)(H,30,36)/t17-,18?,19-/m0/s1.